The predicted molar refractivity (Wildman–Crippen MR) is 145 cm³/mol. The zero-order chi connectivity index (χ0) is 26.5. The van der Waals surface area contributed by atoms with Crippen molar-refractivity contribution < 1.29 is 19.1 Å². The molecule has 0 unspecified atom stereocenters. The van der Waals surface area contributed by atoms with Gasteiger partial charge in [0.25, 0.3) is 5.91 Å². The van der Waals surface area contributed by atoms with E-state index in [1.165, 1.54) is 10.2 Å². The van der Waals surface area contributed by atoms with Crippen molar-refractivity contribution in [1.82, 2.24) is 24.3 Å². The van der Waals surface area contributed by atoms with Gasteiger partial charge in [-0.2, -0.15) is 0 Å². The Hall–Kier alpha value is -3.53. The van der Waals surface area contributed by atoms with E-state index in [0.29, 0.717) is 36.3 Å². The maximum Gasteiger partial charge on any atom is 0.407 e. The second-order valence-corrected chi connectivity index (χ2v) is 11.3. The summed E-state index contributed by atoms with van der Waals surface area (Å²) < 4.78 is 15.4. The van der Waals surface area contributed by atoms with E-state index in [1.54, 1.807) is 29.4 Å². The zero-order valence-corrected chi connectivity index (χ0v) is 22.9. The van der Waals surface area contributed by atoms with Crippen molar-refractivity contribution in [2.45, 2.75) is 52.3 Å². The van der Waals surface area contributed by atoms with Crippen LogP contribution in [0.5, 0.6) is 5.75 Å². The van der Waals surface area contributed by atoms with Crippen LogP contribution in [0.3, 0.4) is 0 Å². The van der Waals surface area contributed by atoms with Crippen LogP contribution in [0.25, 0.3) is 32.8 Å². The first-order valence-electron chi connectivity index (χ1n) is 12.5. The Balaban J connectivity index is 1.43. The standard InChI is InChI=1S/C27H33N5O4S/c1-7-32-20(13-16-9-11-37-25(16)32)23-29-19-12-17(14-21(35-6)22(19)30(23)5)24(33)31-10-8-18(15-31)28-26(34)36-27(2,3)4/h9,11-14,18H,7-8,10,15H2,1-6H3,(H,28,34)/t18-/m1/s1. The third-order valence-electron chi connectivity index (χ3n) is 6.65. The number of imidazole rings is 1. The summed E-state index contributed by atoms with van der Waals surface area (Å²) in [5.74, 6) is 1.31. The highest BCUT2D eigenvalue weighted by Crippen LogP contribution is 2.35. The van der Waals surface area contributed by atoms with Crippen LogP contribution in [0.4, 0.5) is 4.79 Å². The van der Waals surface area contributed by atoms with Crippen LogP contribution in [-0.4, -0.2) is 62.9 Å². The molecular weight excluding hydrogens is 490 g/mol. The summed E-state index contributed by atoms with van der Waals surface area (Å²) in [7, 11) is 3.58. The molecule has 10 heteroatoms. The highest BCUT2D eigenvalue weighted by molar-refractivity contribution is 7.16. The molecule has 2 amide bonds. The number of thiophene rings is 1. The number of ether oxygens (including phenoxy) is 2. The van der Waals surface area contributed by atoms with E-state index in [-0.39, 0.29) is 11.9 Å². The van der Waals surface area contributed by atoms with Crippen molar-refractivity contribution in [3.8, 4) is 17.3 Å². The summed E-state index contributed by atoms with van der Waals surface area (Å²) in [5.41, 5.74) is 2.52. The smallest absolute Gasteiger partial charge is 0.407 e. The number of aryl methyl sites for hydroxylation is 2. The number of alkyl carbamates (subject to hydrolysis) is 1. The fourth-order valence-electron chi connectivity index (χ4n) is 5.01. The predicted octanol–water partition coefficient (Wildman–Crippen LogP) is 5.02. The van der Waals surface area contributed by atoms with Crippen molar-refractivity contribution in [3.63, 3.8) is 0 Å². The molecule has 4 heterocycles. The fraction of sp³-hybridized carbons (Fsp3) is 0.444. The van der Waals surface area contributed by atoms with E-state index >= 15 is 0 Å². The summed E-state index contributed by atoms with van der Waals surface area (Å²) >= 11 is 1.72. The molecule has 1 aliphatic heterocycles. The van der Waals surface area contributed by atoms with E-state index in [9.17, 15) is 9.59 Å². The topological polar surface area (TPSA) is 90.6 Å². The number of carbonyl (C=O) groups excluding carboxylic acids is 2. The van der Waals surface area contributed by atoms with Gasteiger partial charge >= 0.3 is 6.09 Å². The molecule has 1 aliphatic rings. The molecule has 0 bridgehead atoms. The molecule has 0 radical (unpaired) electrons. The zero-order valence-electron chi connectivity index (χ0n) is 22.1. The second kappa shape index (κ2) is 9.41. The minimum Gasteiger partial charge on any atom is -0.494 e. The molecule has 4 aromatic rings. The molecular formula is C27H33N5O4S. The van der Waals surface area contributed by atoms with Crippen LogP contribution >= 0.6 is 11.3 Å². The SMILES string of the molecule is CCn1c(-c2nc3cc(C(=O)N4CC[C@@H](NC(=O)OC(C)(C)C)C4)cc(OC)c3n2C)cc2ccsc21. The summed E-state index contributed by atoms with van der Waals surface area (Å²) in [6.45, 7) is 9.41. The Labute approximate surface area is 220 Å². The quantitative estimate of drug-likeness (QED) is 0.397. The Morgan fingerprint density at radius 3 is 2.73 bits per heavy atom. The van der Waals surface area contributed by atoms with Gasteiger partial charge < -0.3 is 28.8 Å². The van der Waals surface area contributed by atoms with Crippen molar-refractivity contribution in [3.05, 3.63) is 35.2 Å². The van der Waals surface area contributed by atoms with E-state index in [2.05, 4.69) is 34.3 Å². The number of benzene rings is 1. The number of carbonyl (C=O) groups is 2. The van der Waals surface area contributed by atoms with Gasteiger partial charge in [-0.25, -0.2) is 9.78 Å². The summed E-state index contributed by atoms with van der Waals surface area (Å²) in [4.78, 5) is 33.5. The lowest BCUT2D eigenvalue weighted by Gasteiger charge is -2.22. The van der Waals surface area contributed by atoms with Gasteiger partial charge in [0.05, 0.1) is 24.4 Å². The summed E-state index contributed by atoms with van der Waals surface area (Å²) in [6, 6.07) is 7.75. The molecule has 37 heavy (non-hydrogen) atoms. The molecule has 9 nitrogen and oxygen atoms in total. The molecule has 1 saturated heterocycles. The number of fused-ring (bicyclic) bond motifs is 2. The number of rotatable bonds is 5. The maximum atomic E-state index is 13.5. The molecule has 3 aromatic heterocycles. The van der Waals surface area contributed by atoms with E-state index in [1.807, 2.05) is 38.5 Å². The maximum absolute atomic E-state index is 13.5. The van der Waals surface area contributed by atoms with E-state index < -0.39 is 11.7 Å². The first-order chi connectivity index (χ1) is 17.6. The molecule has 5 rings (SSSR count). The van der Waals surface area contributed by atoms with Gasteiger partial charge in [-0.15, -0.1) is 11.3 Å². The Kier molecular flexibility index (Phi) is 6.39. The third kappa shape index (κ3) is 4.66. The molecule has 196 valence electrons. The average molecular weight is 524 g/mol. The normalized spacial score (nSPS) is 16.1. The Morgan fingerprint density at radius 1 is 1.24 bits per heavy atom. The Bertz CT molecular complexity index is 1490. The van der Waals surface area contributed by atoms with Crippen LogP contribution in [0.1, 0.15) is 44.5 Å². The van der Waals surface area contributed by atoms with Crippen molar-refractivity contribution in [2.75, 3.05) is 20.2 Å². The van der Waals surface area contributed by atoms with Gasteiger partial charge in [-0.3, -0.25) is 4.79 Å². The highest BCUT2D eigenvalue weighted by atomic mass is 32.1. The second-order valence-electron chi connectivity index (χ2n) is 10.4. The molecule has 1 N–H and O–H groups in total. The average Bonchev–Trinajstić information content (AvgIpc) is 3.60. The number of aromatic nitrogens is 3. The Morgan fingerprint density at radius 2 is 2.03 bits per heavy atom. The minimum atomic E-state index is -0.569. The van der Waals surface area contributed by atoms with Crippen LogP contribution in [0.15, 0.2) is 29.6 Å². The van der Waals surface area contributed by atoms with Crippen molar-refractivity contribution in [2.24, 2.45) is 7.05 Å². The van der Waals surface area contributed by atoms with Crippen LogP contribution in [0, 0.1) is 0 Å². The first kappa shape index (κ1) is 25.1. The first-order valence-corrected chi connectivity index (χ1v) is 13.4. The lowest BCUT2D eigenvalue weighted by molar-refractivity contribution is 0.0502. The van der Waals surface area contributed by atoms with Crippen molar-refractivity contribution >= 4 is 44.6 Å². The van der Waals surface area contributed by atoms with Gasteiger partial charge in [0.15, 0.2) is 5.82 Å². The van der Waals surface area contributed by atoms with Gasteiger partial charge in [0.2, 0.25) is 0 Å². The molecule has 0 saturated carbocycles. The summed E-state index contributed by atoms with van der Waals surface area (Å²) in [6.07, 6.45) is 0.205. The molecule has 1 aromatic carbocycles. The summed E-state index contributed by atoms with van der Waals surface area (Å²) in [5, 5.41) is 6.17. The lowest BCUT2D eigenvalue weighted by atomic mass is 10.1. The van der Waals surface area contributed by atoms with Crippen LogP contribution in [0.2, 0.25) is 0 Å². The van der Waals surface area contributed by atoms with Crippen LogP contribution < -0.4 is 10.1 Å². The number of nitrogens with zero attached hydrogens (tertiary/aromatic N) is 4. The van der Waals surface area contributed by atoms with Gasteiger partial charge in [0.1, 0.15) is 21.7 Å². The third-order valence-corrected chi connectivity index (χ3v) is 7.60. The number of hydrogen-bond acceptors (Lipinski definition) is 6. The van der Waals surface area contributed by atoms with E-state index in [4.69, 9.17) is 14.5 Å². The number of methoxy groups -OCH3 is 1. The lowest BCUT2D eigenvalue weighted by Crippen LogP contribution is -2.41. The fourth-order valence-corrected chi connectivity index (χ4v) is 5.97. The van der Waals surface area contributed by atoms with Crippen LogP contribution in [-0.2, 0) is 18.3 Å². The number of hydrogen-bond donors (Lipinski definition) is 1. The molecule has 1 fully saturated rings. The molecule has 0 aliphatic carbocycles. The van der Waals surface area contributed by atoms with Gasteiger partial charge in [0, 0.05) is 37.6 Å². The minimum absolute atomic E-state index is 0.113. The molecule has 0 spiro atoms. The molecule has 1 atom stereocenters. The number of likely N-dealkylation sites (tertiary alicyclic amines) is 1. The highest BCUT2D eigenvalue weighted by Gasteiger charge is 2.30. The number of amides is 2. The van der Waals surface area contributed by atoms with Crippen molar-refractivity contribution in [1.29, 1.82) is 0 Å². The van der Waals surface area contributed by atoms with Gasteiger partial charge in [-0.05, 0) is 63.8 Å². The van der Waals surface area contributed by atoms with E-state index in [0.717, 1.165) is 23.6 Å². The monoisotopic (exact) mass is 523 g/mol. The largest absolute Gasteiger partial charge is 0.494 e. The van der Waals surface area contributed by atoms with Gasteiger partial charge in [-0.1, -0.05) is 0 Å². The number of nitrogens with one attached hydrogen (secondary N) is 1.